The van der Waals surface area contributed by atoms with E-state index in [4.69, 9.17) is 5.11 Å². The van der Waals surface area contributed by atoms with Gasteiger partial charge in [0.1, 0.15) is 12.4 Å². The second-order valence-electron chi connectivity index (χ2n) is 6.01. The average molecular weight is 263 g/mol. The molecule has 0 unspecified atom stereocenters. The van der Waals surface area contributed by atoms with Crippen molar-refractivity contribution in [2.75, 3.05) is 20.2 Å². The van der Waals surface area contributed by atoms with E-state index in [0.717, 1.165) is 18.7 Å². The van der Waals surface area contributed by atoms with Crippen molar-refractivity contribution in [1.29, 1.82) is 0 Å². The molecule has 104 valence electrons. The normalized spacial score (nSPS) is 11.3. The van der Waals surface area contributed by atoms with Crippen LogP contribution in [0.2, 0.25) is 0 Å². The number of nitrogens with zero attached hydrogens (tertiary/aromatic N) is 1. The molecule has 0 aliphatic carbocycles. The van der Waals surface area contributed by atoms with Crippen molar-refractivity contribution >= 4 is 0 Å². The molecule has 0 aromatic heterocycles. The van der Waals surface area contributed by atoms with Crippen molar-refractivity contribution in [3.05, 3.63) is 35.1 Å². The highest BCUT2D eigenvalue weighted by Crippen LogP contribution is 2.17. The van der Waals surface area contributed by atoms with Gasteiger partial charge in [0.15, 0.2) is 0 Å². The molecule has 1 rings (SSSR count). The van der Waals surface area contributed by atoms with E-state index in [1.54, 1.807) is 12.1 Å². The van der Waals surface area contributed by atoms with E-state index >= 15 is 0 Å². The maximum atomic E-state index is 13.5. The van der Waals surface area contributed by atoms with Crippen molar-refractivity contribution in [2.45, 2.75) is 27.3 Å². The molecule has 0 radical (unpaired) electrons. The van der Waals surface area contributed by atoms with Crippen LogP contribution in [-0.4, -0.2) is 30.2 Å². The van der Waals surface area contributed by atoms with E-state index in [2.05, 4.69) is 37.5 Å². The van der Waals surface area contributed by atoms with Crippen molar-refractivity contribution < 1.29 is 9.50 Å². The van der Waals surface area contributed by atoms with Crippen LogP contribution in [0.1, 0.15) is 31.9 Å². The van der Waals surface area contributed by atoms with Gasteiger partial charge in [-0.2, -0.15) is 0 Å². The maximum absolute atomic E-state index is 13.5. The molecule has 1 N–H and O–H groups in total. The summed E-state index contributed by atoms with van der Waals surface area (Å²) in [6, 6.07) is 4.96. The second kappa shape index (κ2) is 6.70. The first-order valence-electron chi connectivity index (χ1n) is 6.38. The van der Waals surface area contributed by atoms with Crippen LogP contribution in [-0.2, 0) is 6.54 Å². The number of aliphatic hydroxyl groups excluding tert-OH is 1. The van der Waals surface area contributed by atoms with Crippen molar-refractivity contribution in [2.24, 2.45) is 5.41 Å². The number of hydrogen-bond donors (Lipinski definition) is 1. The van der Waals surface area contributed by atoms with E-state index in [9.17, 15) is 4.39 Å². The zero-order valence-corrected chi connectivity index (χ0v) is 12.1. The fourth-order valence-corrected chi connectivity index (χ4v) is 2.08. The van der Waals surface area contributed by atoms with Crippen LogP contribution in [0.4, 0.5) is 4.39 Å². The smallest absolute Gasteiger partial charge is 0.138 e. The molecule has 0 saturated carbocycles. The minimum atomic E-state index is -0.344. The van der Waals surface area contributed by atoms with E-state index in [1.165, 1.54) is 6.07 Å². The van der Waals surface area contributed by atoms with Crippen LogP contribution < -0.4 is 0 Å². The maximum Gasteiger partial charge on any atom is 0.138 e. The Hall–Kier alpha value is -1.37. The predicted molar refractivity (Wildman–Crippen MR) is 76.2 cm³/mol. The van der Waals surface area contributed by atoms with Gasteiger partial charge < -0.3 is 10.0 Å². The Morgan fingerprint density at radius 2 is 2.00 bits per heavy atom. The van der Waals surface area contributed by atoms with Gasteiger partial charge in [0, 0.05) is 13.1 Å². The van der Waals surface area contributed by atoms with Crippen LogP contribution in [0, 0.1) is 23.1 Å². The van der Waals surface area contributed by atoms with Gasteiger partial charge >= 0.3 is 0 Å². The summed E-state index contributed by atoms with van der Waals surface area (Å²) in [6.07, 6.45) is 0. The van der Waals surface area contributed by atoms with Crippen LogP contribution >= 0.6 is 0 Å². The SMILES string of the molecule is CN(Cc1ccc(F)c(C#CCO)c1)CC(C)(C)C. The Morgan fingerprint density at radius 3 is 2.58 bits per heavy atom. The fourth-order valence-electron chi connectivity index (χ4n) is 2.08. The number of hydrogen-bond acceptors (Lipinski definition) is 2. The lowest BCUT2D eigenvalue weighted by molar-refractivity contribution is 0.221. The average Bonchev–Trinajstić information content (AvgIpc) is 2.27. The Bertz CT molecular complexity index is 480. The first-order valence-corrected chi connectivity index (χ1v) is 6.38. The van der Waals surface area contributed by atoms with E-state index < -0.39 is 0 Å². The van der Waals surface area contributed by atoms with Crippen LogP contribution in [0.3, 0.4) is 0 Å². The minimum Gasteiger partial charge on any atom is -0.384 e. The molecular formula is C16H22FNO. The van der Waals surface area contributed by atoms with E-state index in [0.29, 0.717) is 5.56 Å². The van der Waals surface area contributed by atoms with Crippen LogP contribution in [0.15, 0.2) is 18.2 Å². The third kappa shape index (κ3) is 5.87. The summed E-state index contributed by atoms with van der Waals surface area (Å²) in [5.74, 6) is 4.76. The molecule has 0 heterocycles. The highest BCUT2D eigenvalue weighted by Gasteiger charge is 2.13. The topological polar surface area (TPSA) is 23.5 Å². The Labute approximate surface area is 115 Å². The summed E-state index contributed by atoms with van der Waals surface area (Å²) < 4.78 is 13.5. The Kier molecular flexibility index (Phi) is 5.53. The molecule has 0 amide bonds. The molecule has 1 aromatic rings. The summed E-state index contributed by atoms with van der Waals surface area (Å²) in [4.78, 5) is 2.20. The zero-order valence-electron chi connectivity index (χ0n) is 12.1. The van der Waals surface area contributed by atoms with E-state index in [-0.39, 0.29) is 17.8 Å². The summed E-state index contributed by atoms with van der Waals surface area (Å²) in [5.41, 5.74) is 1.60. The molecule has 3 heteroatoms. The molecule has 0 aliphatic rings. The van der Waals surface area contributed by atoms with Crippen molar-refractivity contribution in [3.63, 3.8) is 0 Å². The van der Waals surface area contributed by atoms with Crippen LogP contribution in [0.5, 0.6) is 0 Å². The van der Waals surface area contributed by atoms with Gasteiger partial charge in [0.25, 0.3) is 0 Å². The molecule has 0 spiro atoms. The quantitative estimate of drug-likeness (QED) is 0.847. The highest BCUT2D eigenvalue weighted by molar-refractivity contribution is 5.38. The monoisotopic (exact) mass is 263 g/mol. The van der Waals surface area contributed by atoms with Crippen LogP contribution in [0.25, 0.3) is 0 Å². The Morgan fingerprint density at radius 1 is 1.32 bits per heavy atom. The number of benzene rings is 1. The lowest BCUT2D eigenvalue weighted by atomic mass is 9.96. The van der Waals surface area contributed by atoms with Gasteiger partial charge in [-0.25, -0.2) is 4.39 Å². The first kappa shape index (κ1) is 15.7. The first-order chi connectivity index (χ1) is 8.81. The molecule has 0 aliphatic heterocycles. The van der Waals surface area contributed by atoms with E-state index in [1.807, 2.05) is 7.05 Å². The minimum absolute atomic E-state index is 0.230. The van der Waals surface area contributed by atoms with Crippen molar-refractivity contribution in [3.8, 4) is 11.8 Å². The van der Waals surface area contributed by atoms with Crippen molar-refractivity contribution in [1.82, 2.24) is 4.90 Å². The molecule has 2 nitrogen and oxygen atoms in total. The van der Waals surface area contributed by atoms with Gasteiger partial charge in [-0.05, 0) is 30.2 Å². The molecule has 0 atom stereocenters. The molecule has 19 heavy (non-hydrogen) atoms. The van der Waals surface area contributed by atoms with Gasteiger partial charge in [0.2, 0.25) is 0 Å². The summed E-state index contributed by atoms with van der Waals surface area (Å²) in [6.45, 7) is 8.02. The summed E-state index contributed by atoms with van der Waals surface area (Å²) in [7, 11) is 2.05. The van der Waals surface area contributed by atoms with Gasteiger partial charge in [-0.3, -0.25) is 0 Å². The van der Waals surface area contributed by atoms with Gasteiger partial charge in [0.05, 0.1) is 5.56 Å². The molecular weight excluding hydrogens is 241 g/mol. The lowest BCUT2D eigenvalue weighted by Crippen LogP contribution is -2.28. The molecule has 1 aromatic carbocycles. The fraction of sp³-hybridized carbons (Fsp3) is 0.500. The second-order valence-corrected chi connectivity index (χ2v) is 6.01. The third-order valence-electron chi connectivity index (χ3n) is 2.53. The van der Waals surface area contributed by atoms with Gasteiger partial charge in [-0.1, -0.05) is 38.7 Å². The summed E-state index contributed by atoms with van der Waals surface area (Å²) >= 11 is 0. The molecule has 0 fully saturated rings. The Balaban J connectivity index is 2.79. The van der Waals surface area contributed by atoms with Gasteiger partial charge in [-0.15, -0.1) is 0 Å². The number of rotatable bonds is 3. The number of halogens is 1. The molecule has 0 saturated heterocycles. The highest BCUT2D eigenvalue weighted by atomic mass is 19.1. The molecule has 0 bridgehead atoms. The third-order valence-corrected chi connectivity index (χ3v) is 2.53. The standard InChI is InChI=1S/C16H22FNO/c1-16(2,3)12-18(4)11-13-7-8-15(17)14(10-13)6-5-9-19/h7-8,10,19H,9,11-12H2,1-4H3. The summed E-state index contributed by atoms with van der Waals surface area (Å²) in [5, 5.41) is 8.66. The predicted octanol–water partition coefficient (Wildman–Crippen LogP) is 2.65. The number of aliphatic hydroxyl groups is 1. The zero-order chi connectivity index (χ0) is 14.5. The largest absolute Gasteiger partial charge is 0.384 e. The lowest BCUT2D eigenvalue weighted by Gasteiger charge is -2.26.